The molecule has 118 valence electrons. The van der Waals surface area contributed by atoms with Gasteiger partial charge in [-0.3, -0.25) is 4.79 Å². The van der Waals surface area contributed by atoms with E-state index in [0.717, 1.165) is 10.8 Å². The van der Waals surface area contributed by atoms with Gasteiger partial charge in [0.25, 0.3) is 0 Å². The van der Waals surface area contributed by atoms with Gasteiger partial charge >= 0.3 is 0 Å². The van der Waals surface area contributed by atoms with Gasteiger partial charge in [0.15, 0.2) is 5.78 Å². The number of rotatable bonds is 6. The molecule has 0 saturated heterocycles. The summed E-state index contributed by atoms with van der Waals surface area (Å²) in [5.74, 6) is -2.73. The van der Waals surface area contributed by atoms with E-state index in [2.05, 4.69) is 0 Å². The zero-order valence-corrected chi connectivity index (χ0v) is 12.3. The minimum atomic E-state index is -1.26. The molecule has 0 aromatic heterocycles. The molecule has 2 aromatic carbocycles. The van der Waals surface area contributed by atoms with Crippen molar-refractivity contribution in [3.05, 3.63) is 47.5 Å². The highest BCUT2D eigenvalue weighted by Gasteiger charge is 2.46. The van der Waals surface area contributed by atoms with Gasteiger partial charge in [0.2, 0.25) is 0 Å². The van der Waals surface area contributed by atoms with Gasteiger partial charge in [0, 0.05) is 17.5 Å². The van der Waals surface area contributed by atoms with Crippen LogP contribution >= 0.6 is 0 Å². The Kier molecular flexibility index (Phi) is 3.64. The molecule has 0 heterocycles. The van der Waals surface area contributed by atoms with E-state index in [1.807, 2.05) is 12.1 Å². The number of Topliss-reactive ketones (excluding diaryl/α,β-unsaturated/α-hetero) is 1. The van der Waals surface area contributed by atoms with Gasteiger partial charge in [-0.25, -0.2) is 0 Å². The average Bonchev–Trinajstić information content (AvgIpc) is 2.76. The van der Waals surface area contributed by atoms with Crippen molar-refractivity contribution in [1.82, 2.24) is 0 Å². The van der Waals surface area contributed by atoms with Crippen LogP contribution < -0.4 is 10.2 Å². The summed E-state index contributed by atoms with van der Waals surface area (Å²) < 4.78 is 0. The molecule has 2 aromatic rings. The molecule has 5 heteroatoms. The molecule has 1 aliphatic carbocycles. The van der Waals surface area contributed by atoms with Gasteiger partial charge in [-0.1, -0.05) is 36.4 Å². The smallest absolute Gasteiger partial charge is 0.174 e. The molecule has 0 saturated carbocycles. The first kappa shape index (κ1) is 15.2. The first-order valence-electron chi connectivity index (χ1n) is 7.42. The zero-order valence-electron chi connectivity index (χ0n) is 12.3. The number of carbonyl (C=O) groups excluding carboxylic acids is 3. The maximum absolute atomic E-state index is 13.0. The number of ketones is 1. The van der Waals surface area contributed by atoms with Crippen molar-refractivity contribution in [2.75, 3.05) is 0 Å². The van der Waals surface area contributed by atoms with E-state index in [1.54, 1.807) is 24.3 Å². The van der Waals surface area contributed by atoms with Gasteiger partial charge in [-0.05, 0) is 42.0 Å². The lowest BCUT2D eigenvalue weighted by atomic mass is 9.72. The van der Waals surface area contributed by atoms with Crippen molar-refractivity contribution in [3.63, 3.8) is 0 Å². The third-order valence-corrected chi connectivity index (χ3v) is 4.61. The number of aliphatic carboxylic acids is 2. The molecule has 0 bridgehead atoms. The van der Waals surface area contributed by atoms with Gasteiger partial charge in [-0.2, -0.15) is 0 Å². The largest absolute Gasteiger partial charge is 0.550 e. The monoisotopic (exact) mass is 310 g/mol. The minimum absolute atomic E-state index is 0.0231. The van der Waals surface area contributed by atoms with Crippen LogP contribution in [0.3, 0.4) is 0 Å². The van der Waals surface area contributed by atoms with E-state index in [1.165, 1.54) is 0 Å². The summed E-state index contributed by atoms with van der Waals surface area (Å²) in [6.07, 6.45) is -0.559. The van der Waals surface area contributed by atoms with E-state index >= 15 is 0 Å². The van der Waals surface area contributed by atoms with Gasteiger partial charge in [0.1, 0.15) is 0 Å². The number of carboxylic acid groups (broad SMARTS) is 2. The molecule has 0 atom stereocenters. The lowest BCUT2D eigenvalue weighted by molar-refractivity contribution is -0.306. The summed E-state index contributed by atoms with van der Waals surface area (Å²) in [6, 6.07) is 10.8. The Morgan fingerprint density at radius 1 is 0.913 bits per heavy atom. The number of hydrogen-bond donors (Lipinski definition) is 0. The molecule has 0 aliphatic heterocycles. The molecular formula is C18H14O5-2. The molecule has 23 heavy (non-hydrogen) atoms. The fraction of sp³-hybridized carbons (Fsp3) is 0.278. The summed E-state index contributed by atoms with van der Waals surface area (Å²) in [5.41, 5.74) is 0.0940. The Hall–Kier alpha value is -2.69. The Morgan fingerprint density at radius 3 is 2.04 bits per heavy atom. The summed E-state index contributed by atoms with van der Waals surface area (Å²) in [7, 11) is 0. The predicted molar refractivity (Wildman–Crippen MR) is 78.4 cm³/mol. The molecule has 0 radical (unpaired) electrons. The summed E-state index contributed by atoms with van der Waals surface area (Å²) in [4.78, 5) is 34.8. The molecule has 0 fully saturated rings. The highest BCUT2D eigenvalue weighted by molar-refractivity contribution is 6.20. The lowest BCUT2D eigenvalue weighted by Crippen LogP contribution is -2.37. The lowest BCUT2D eigenvalue weighted by Gasteiger charge is -2.30. The Labute approximate surface area is 132 Å². The standard InChI is InChI=1S/C18H16O5/c19-14(20)7-9-18(10-8-15(21)22)13-6-2-4-11-3-1-5-12(16(11)13)17(18)23/h1-6H,7-10H2,(H,19,20)(H,21,22)/p-2. The van der Waals surface area contributed by atoms with Crippen LogP contribution in [-0.2, 0) is 15.0 Å². The number of benzene rings is 2. The zero-order chi connectivity index (χ0) is 16.6. The molecule has 0 amide bonds. The van der Waals surface area contributed by atoms with Gasteiger partial charge in [-0.15, -0.1) is 0 Å². The maximum Gasteiger partial charge on any atom is 0.174 e. The number of carboxylic acids is 2. The van der Waals surface area contributed by atoms with E-state index in [0.29, 0.717) is 11.1 Å². The molecule has 0 unspecified atom stereocenters. The third-order valence-electron chi connectivity index (χ3n) is 4.61. The Morgan fingerprint density at radius 2 is 1.48 bits per heavy atom. The fourth-order valence-electron chi connectivity index (χ4n) is 3.56. The first-order valence-corrected chi connectivity index (χ1v) is 7.42. The van der Waals surface area contributed by atoms with Crippen molar-refractivity contribution in [3.8, 4) is 0 Å². The van der Waals surface area contributed by atoms with Crippen molar-refractivity contribution in [2.24, 2.45) is 0 Å². The maximum atomic E-state index is 13.0. The minimum Gasteiger partial charge on any atom is -0.550 e. The SMILES string of the molecule is O=C([O-])CCC1(CCC(=O)[O-])C(=O)c2cccc3cccc1c23. The number of carbonyl (C=O) groups is 3. The van der Waals surface area contributed by atoms with Crippen LogP contribution in [0.1, 0.15) is 41.6 Å². The molecule has 5 nitrogen and oxygen atoms in total. The second-order valence-electron chi connectivity index (χ2n) is 5.86. The van der Waals surface area contributed by atoms with Crippen molar-refractivity contribution in [2.45, 2.75) is 31.1 Å². The molecular weight excluding hydrogens is 296 g/mol. The van der Waals surface area contributed by atoms with Gasteiger partial charge in [0.05, 0.1) is 5.41 Å². The number of hydrogen-bond acceptors (Lipinski definition) is 5. The van der Waals surface area contributed by atoms with E-state index in [9.17, 15) is 24.6 Å². The molecule has 0 N–H and O–H groups in total. The second kappa shape index (κ2) is 5.50. The summed E-state index contributed by atoms with van der Waals surface area (Å²) in [5, 5.41) is 23.5. The highest BCUT2D eigenvalue weighted by atomic mass is 16.4. The van der Waals surface area contributed by atoms with Crippen LogP contribution in [0.25, 0.3) is 10.8 Å². The van der Waals surface area contributed by atoms with Crippen LogP contribution in [-0.4, -0.2) is 17.7 Å². The molecule has 3 rings (SSSR count). The van der Waals surface area contributed by atoms with Gasteiger partial charge < -0.3 is 19.8 Å². The van der Waals surface area contributed by atoms with Crippen LogP contribution in [0.5, 0.6) is 0 Å². The van der Waals surface area contributed by atoms with Crippen LogP contribution in [0.15, 0.2) is 36.4 Å². The molecule has 0 spiro atoms. The predicted octanol–water partition coefficient (Wildman–Crippen LogP) is 0.334. The van der Waals surface area contributed by atoms with Crippen molar-refractivity contribution < 1.29 is 24.6 Å². The quantitative estimate of drug-likeness (QED) is 0.766. The van der Waals surface area contributed by atoms with Crippen LogP contribution in [0.2, 0.25) is 0 Å². The Balaban J connectivity index is 2.16. The van der Waals surface area contributed by atoms with Crippen molar-refractivity contribution in [1.29, 1.82) is 0 Å². The first-order chi connectivity index (χ1) is 11.0. The topological polar surface area (TPSA) is 97.3 Å². The second-order valence-corrected chi connectivity index (χ2v) is 5.86. The van der Waals surface area contributed by atoms with Crippen LogP contribution in [0, 0.1) is 0 Å². The van der Waals surface area contributed by atoms with E-state index < -0.39 is 17.4 Å². The normalized spacial score (nSPS) is 15.0. The van der Waals surface area contributed by atoms with Crippen LogP contribution in [0.4, 0.5) is 0 Å². The van der Waals surface area contributed by atoms with E-state index in [4.69, 9.17) is 0 Å². The highest BCUT2D eigenvalue weighted by Crippen LogP contribution is 2.47. The Bertz CT molecular complexity index is 798. The fourth-order valence-corrected chi connectivity index (χ4v) is 3.56. The van der Waals surface area contributed by atoms with E-state index in [-0.39, 0.29) is 31.5 Å². The summed E-state index contributed by atoms with van der Waals surface area (Å²) in [6.45, 7) is 0. The van der Waals surface area contributed by atoms with Crippen molar-refractivity contribution >= 4 is 28.5 Å². The average molecular weight is 310 g/mol. The third kappa shape index (κ3) is 2.38. The molecule has 1 aliphatic rings. The summed E-state index contributed by atoms with van der Waals surface area (Å²) >= 11 is 0.